The second-order valence-corrected chi connectivity index (χ2v) is 7.04. The van der Waals surface area contributed by atoms with E-state index in [0.717, 1.165) is 30.6 Å². The van der Waals surface area contributed by atoms with Crippen LogP contribution in [0.4, 0.5) is 0 Å². The third-order valence-corrected chi connectivity index (χ3v) is 5.25. The molecule has 4 heterocycles. The summed E-state index contributed by atoms with van der Waals surface area (Å²) in [5.74, 6) is 0.148. The lowest BCUT2D eigenvalue weighted by Crippen LogP contribution is -2.43. The third-order valence-electron chi connectivity index (χ3n) is 5.25. The molecule has 0 bridgehead atoms. The minimum Gasteiger partial charge on any atom is -0.373 e. The Balaban J connectivity index is 1.38. The number of aromatic nitrogens is 3. The zero-order valence-corrected chi connectivity index (χ0v) is 15.2. The van der Waals surface area contributed by atoms with E-state index in [1.165, 1.54) is 6.33 Å². The lowest BCUT2D eigenvalue weighted by Gasteiger charge is -2.32. The summed E-state index contributed by atoms with van der Waals surface area (Å²) in [4.78, 5) is 26.9. The SMILES string of the molecule is O=C(CCc1cncnc1)N1C[C@H](OCc2ccncc2)[C@H]2OCCC[C@H]21. The third kappa shape index (κ3) is 4.31. The molecule has 2 aliphatic heterocycles. The number of carbonyl (C=O) groups is 1. The molecule has 0 radical (unpaired) electrons. The highest BCUT2D eigenvalue weighted by Gasteiger charge is 2.46. The van der Waals surface area contributed by atoms with Gasteiger partial charge in [0.05, 0.1) is 12.6 Å². The topological polar surface area (TPSA) is 77.4 Å². The van der Waals surface area contributed by atoms with Crippen LogP contribution < -0.4 is 0 Å². The van der Waals surface area contributed by atoms with E-state index in [4.69, 9.17) is 9.47 Å². The molecule has 27 heavy (non-hydrogen) atoms. The van der Waals surface area contributed by atoms with Gasteiger partial charge in [-0.1, -0.05) is 0 Å². The molecule has 2 aromatic heterocycles. The number of aryl methyl sites for hydroxylation is 1. The van der Waals surface area contributed by atoms with Gasteiger partial charge < -0.3 is 14.4 Å². The van der Waals surface area contributed by atoms with Crippen molar-refractivity contribution in [2.75, 3.05) is 13.2 Å². The van der Waals surface area contributed by atoms with Crippen LogP contribution >= 0.6 is 0 Å². The van der Waals surface area contributed by atoms with Gasteiger partial charge in [-0.05, 0) is 42.5 Å². The van der Waals surface area contributed by atoms with Gasteiger partial charge >= 0.3 is 0 Å². The van der Waals surface area contributed by atoms with Crippen molar-refractivity contribution in [3.63, 3.8) is 0 Å². The zero-order valence-electron chi connectivity index (χ0n) is 15.2. The van der Waals surface area contributed by atoms with Gasteiger partial charge in [-0.2, -0.15) is 0 Å². The number of rotatable bonds is 6. The van der Waals surface area contributed by atoms with Crippen molar-refractivity contribution in [1.29, 1.82) is 0 Å². The number of carbonyl (C=O) groups excluding carboxylic acids is 1. The first kappa shape index (κ1) is 18.0. The van der Waals surface area contributed by atoms with E-state index in [1.807, 2.05) is 17.0 Å². The summed E-state index contributed by atoms with van der Waals surface area (Å²) in [6.45, 7) is 1.83. The molecule has 0 N–H and O–H groups in total. The Morgan fingerprint density at radius 3 is 2.81 bits per heavy atom. The maximum atomic E-state index is 12.9. The first-order chi connectivity index (χ1) is 13.3. The van der Waals surface area contributed by atoms with Gasteiger partial charge in [0.25, 0.3) is 0 Å². The molecular formula is C20H24N4O3. The van der Waals surface area contributed by atoms with Crippen LogP contribution in [0.25, 0.3) is 0 Å². The van der Waals surface area contributed by atoms with E-state index in [-0.39, 0.29) is 24.2 Å². The van der Waals surface area contributed by atoms with Gasteiger partial charge in [0.2, 0.25) is 5.91 Å². The van der Waals surface area contributed by atoms with Gasteiger partial charge in [0.1, 0.15) is 18.5 Å². The number of amides is 1. The fourth-order valence-electron chi connectivity index (χ4n) is 3.88. The Morgan fingerprint density at radius 2 is 2.00 bits per heavy atom. The normalized spacial score (nSPS) is 24.6. The van der Waals surface area contributed by atoms with Gasteiger partial charge in [-0.25, -0.2) is 9.97 Å². The molecule has 0 spiro atoms. The van der Waals surface area contributed by atoms with Crippen LogP contribution in [0.3, 0.4) is 0 Å². The van der Waals surface area contributed by atoms with E-state index in [1.54, 1.807) is 24.8 Å². The number of pyridine rings is 1. The van der Waals surface area contributed by atoms with Crippen molar-refractivity contribution < 1.29 is 14.3 Å². The summed E-state index contributed by atoms with van der Waals surface area (Å²) in [7, 11) is 0. The average molecular weight is 368 g/mol. The second-order valence-electron chi connectivity index (χ2n) is 7.04. The predicted octanol–water partition coefficient (Wildman–Crippen LogP) is 1.78. The molecule has 142 valence electrons. The maximum absolute atomic E-state index is 12.9. The largest absolute Gasteiger partial charge is 0.373 e. The highest BCUT2D eigenvalue weighted by Crippen LogP contribution is 2.31. The number of nitrogens with zero attached hydrogens (tertiary/aromatic N) is 4. The van der Waals surface area contributed by atoms with Gasteiger partial charge in [0, 0.05) is 44.4 Å². The monoisotopic (exact) mass is 368 g/mol. The Labute approximate surface area is 158 Å². The highest BCUT2D eigenvalue weighted by molar-refractivity contribution is 5.77. The summed E-state index contributed by atoms with van der Waals surface area (Å²) in [6.07, 6.45) is 11.5. The van der Waals surface area contributed by atoms with Crippen molar-refractivity contribution in [3.05, 3.63) is 54.4 Å². The van der Waals surface area contributed by atoms with Crippen LogP contribution in [0.1, 0.15) is 30.4 Å². The molecule has 4 rings (SSSR count). The lowest BCUT2D eigenvalue weighted by molar-refractivity contribution is -0.134. The number of likely N-dealkylation sites (tertiary alicyclic amines) is 1. The van der Waals surface area contributed by atoms with Crippen LogP contribution in [0.5, 0.6) is 0 Å². The summed E-state index contributed by atoms with van der Waals surface area (Å²) in [6, 6.07) is 4.00. The standard InChI is InChI=1S/C20H24N4O3/c25-19(4-3-16-10-22-14-23-11-16)24-12-18(20-17(24)2-1-9-26-20)27-13-15-5-7-21-8-6-15/h5-8,10-11,14,17-18,20H,1-4,9,12-13H2/t17-,18+,20+/m1/s1. The molecule has 0 saturated carbocycles. The molecule has 2 saturated heterocycles. The zero-order chi connectivity index (χ0) is 18.5. The van der Waals surface area contributed by atoms with Crippen LogP contribution in [-0.2, 0) is 27.3 Å². The van der Waals surface area contributed by atoms with Crippen molar-refractivity contribution in [1.82, 2.24) is 19.9 Å². The molecular weight excluding hydrogens is 344 g/mol. The minimum absolute atomic E-state index is 0.0374. The van der Waals surface area contributed by atoms with Crippen molar-refractivity contribution in [3.8, 4) is 0 Å². The maximum Gasteiger partial charge on any atom is 0.223 e. The quantitative estimate of drug-likeness (QED) is 0.773. The van der Waals surface area contributed by atoms with Crippen LogP contribution in [-0.4, -0.2) is 57.2 Å². The molecule has 0 aliphatic carbocycles. The van der Waals surface area contributed by atoms with E-state index in [9.17, 15) is 4.79 Å². The Bertz CT molecular complexity index is 743. The Morgan fingerprint density at radius 1 is 1.19 bits per heavy atom. The van der Waals surface area contributed by atoms with Crippen molar-refractivity contribution in [2.24, 2.45) is 0 Å². The number of ether oxygens (including phenoxy) is 2. The smallest absolute Gasteiger partial charge is 0.223 e. The van der Waals surface area contributed by atoms with E-state index < -0.39 is 0 Å². The minimum atomic E-state index is -0.0903. The Kier molecular flexibility index (Phi) is 5.69. The van der Waals surface area contributed by atoms with E-state index in [0.29, 0.717) is 26.0 Å². The van der Waals surface area contributed by atoms with Crippen LogP contribution in [0.15, 0.2) is 43.2 Å². The first-order valence-electron chi connectivity index (χ1n) is 9.47. The molecule has 7 nitrogen and oxygen atoms in total. The van der Waals surface area contributed by atoms with Crippen LogP contribution in [0.2, 0.25) is 0 Å². The average Bonchev–Trinajstić information content (AvgIpc) is 3.11. The summed E-state index contributed by atoms with van der Waals surface area (Å²) >= 11 is 0. The summed E-state index contributed by atoms with van der Waals surface area (Å²) in [5, 5.41) is 0. The first-order valence-corrected chi connectivity index (χ1v) is 9.47. The number of fused-ring (bicyclic) bond motifs is 1. The molecule has 2 aliphatic rings. The number of hydrogen-bond donors (Lipinski definition) is 0. The Hall–Kier alpha value is -2.38. The molecule has 2 aromatic rings. The molecule has 1 amide bonds. The van der Waals surface area contributed by atoms with Gasteiger partial charge in [-0.3, -0.25) is 9.78 Å². The predicted molar refractivity (Wildman–Crippen MR) is 97.6 cm³/mol. The molecule has 3 atom stereocenters. The van der Waals surface area contributed by atoms with E-state index >= 15 is 0 Å². The second kappa shape index (κ2) is 8.54. The van der Waals surface area contributed by atoms with Gasteiger partial charge in [-0.15, -0.1) is 0 Å². The summed E-state index contributed by atoms with van der Waals surface area (Å²) < 4.78 is 12.1. The fourth-order valence-corrected chi connectivity index (χ4v) is 3.88. The molecule has 7 heteroatoms. The summed E-state index contributed by atoms with van der Waals surface area (Å²) in [5.41, 5.74) is 2.05. The molecule has 2 fully saturated rings. The molecule has 0 aromatic carbocycles. The lowest BCUT2D eigenvalue weighted by atomic mass is 10.0. The van der Waals surface area contributed by atoms with Crippen molar-refractivity contribution >= 4 is 5.91 Å². The van der Waals surface area contributed by atoms with Crippen molar-refractivity contribution in [2.45, 2.75) is 50.5 Å². The van der Waals surface area contributed by atoms with Crippen LogP contribution in [0, 0.1) is 0 Å². The van der Waals surface area contributed by atoms with Gasteiger partial charge in [0.15, 0.2) is 0 Å². The highest BCUT2D eigenvalue weighted by atomic mass is 16.5. The van der Waals surface area contributed by atoms with E-state index in [2.05, 4.69) is 15.0 Å². The number of hydrogen-bond acceptors (Lipinski definition) is 6. The molecule has 0 unspecified atom stereocenters. The fraction of sp³-hybridized carbons (Fsp3) is 0.500.